The van der Waals surface area contributed by atoms with Crippen LogP contribution in [0.15, 0.2) is 48.5 Å². The fourth-order valence-corrected chi connectivity index (χ4v) is 2.31. The highest BCUT2D eigenvalue weighted by Gasteiger charge is 2.08. The van der Waals surface area contributed by atoms with E-state index in [1.807, 2.05) is 30.3 Å². The second-order valence-electron chi connectivity index (χ2n) is 4.04. The molecule has 0 saturated carbocycles. The average molecular weight is 272 g/mol. The molecule has 0 aliphatic rings. The van der Waals surface area contributed by atoms with Crippen LogP contribution in [-0.4, -0.2) is 19.0 Å². The molecular weight excluding hydrogens is 262 g/mol. The Morgan fingerprint density at radius 2 is 1.95 bits per heavy atom. The first-order valence-electron chi connectivity index (χ1n) is 5.63. The lowest BCUT2D eigenvalue weighted by Gasteiger charge is -2.08. The van der Waals surface area contributed by atoms with E-state index in [9.17, 15) is 8.76 Å². The number of hydrogen-bond donors (Lipinski definition) is 2. The molecule has 1 unspecified atom stereocenters. The summed E-state index contributed by atoms with van der Waals surface area (Å²) >= 11 is -2.33. The zero-order chi connectivity index (χ0) is 13.2. The van der Waals surface area contributed by atoms with Crippen molar-refractivity contribution in [2.45, 2.75) is 0 Å². The molecule has 0 fully saturated rings. The number of aromatic nitrogens is 2. The van der Waals surface area contributed by atoms with E-state index in [1.165, 1.54) is 0 Å². The van der Waals surface area contributed by atoms with E-state index in [4.69, 9.17) is 0 Å². The topological polar surface area (TPSA) is 80.8 Å². The van der Waals surface area contributed by atoms with E-state index in [2.05, 4.69) is 14.9 Å². The molecular formula is C13H10N3O2S-. The van der Waals surface area contributed by atoms with Crippen LogP contribution in [0.4, 0.5) is 5.69 Å². The molecule has 1 heterocycles. The van der Waals surface area contributed by atoms with Gasteiger partial charge in [0, 0.05) is 27.9 Å². The number of nitrogens with zero attached hydrogens (tertiary/aromatic N) is 1. The van der Waals surface area contributed by atoms with Gasteiger partial charge < -0.3 is 9.27 Å². The van der Waals surface area contributed by atoms with E-state index in [0.717, 1.165) is 22.2 Å². The standard InChI is InChI=1S/C13H11N3O2S/c17-19(18)16-10-6-7-12-11(8-10)13(15-14-12)9-4-2-1-3-5-9/h1-8,16H,(H,14,15)(H,17,18)/p-1. The second-order valence-corrected chi connectivity index (χ2v) is 4.71. The minimum Gasteiger partial charge on any atom is -0.755 e. The number of rotatable bonds is 3. The molecule has 19 heavy (non-hydrogen) atoms. The second kappa shape index (κ2) is 4.83. The van der Waals surface area contributed by atoms with Crippen LogP contribution in [0.3, 0.4) is 0 Å². The van der Waals surface area contributed by atoms with Gasteiger partial charge in [-0.3, -0.25) is 9.31 Å². The maximum absolute atomic E-state index is 10.7. The molecule has 1 atom stereocenters. The van der Waals surface area contributed by atoms with Crippen LogP contribution in [0, 0.1) is 0 Å². The van der Waals surface area contributed by atoms with Gasteiger partial charge in [-0.15, -0.1) is 0 Å². The van der Waals surface area contributed by atoms with E-state index >= 15 is 0 Å². The van der Waals surface area contributed by atoms with Crippen molar-refractivity contribution in [3.05, 3.63) is 48.5 Å². The molecule has 3 aromatic rings. The third kappa shape index (κ3) is 2.35. The van der Waals surface area contributed by atoms with Crippen molar-refractivity contribution in [1.82, 2.24) is 10.2 Å². The van der Waals surface area contributed by atoms with E-state index < -0.39 is 11.3 Å². The number of hydrogen-bond acceptors (Lipinski definition) is 3. The zero-order valence-corrected chi connectivity index (χ0v) is 10.6. The third-order valence-electron chi connectivity index (χ3n) is 2.81. The molecule has 1 aromatic heterocycles. The van der Waals surface area contributed by atoms with Crippen molar-refractivity contribution in [1.29, 1.82) is 0 Å². The fraction of sp³-hybridized carbons (Fsp3) is 0. The van der Waals surface area contributed by atoms with Crippen LogP contribution in [-0.2, 0) is 11.3 Å². The van der Waals surface area contributed by atoms with Crippen molar-refractivity contribution in [3.8, 4) is 11.3 Å². The van der Waals surface area contributed by atoms with Gasteiger partial charge in [0.2, 0.25) is 0 Å². The average Bonchev–Trinajstić information content (AvgIpc) is 2.82. The summed E-state index contributed by atoms with van der Waals surface area (Å²) in [7, 11) is 0. The minimum absolute atomic E-state index is 0.513. The number of aromatic amines is 1. The Morgan fingerprint density at radius 3 is 2.68 bits per heavy atom. The molecule has 0 amide bonds. The third-order valence-corrected chi connectivity index (χ3v) is 3.21. The van der Waals surface area contributed by atoms with Gasteiger partial charge in [-0.1, -0.05) is 30.3 Å². The number of fused-ring (bicyclic) bond motifs is 1. The largest absolute Gasteiger partial charge is 0.755 e. The lowest BCUT2D eigenvalue weighted by molar-refractivity contribution is 0.542. The highest BCUT2D eigenvalue weighted by molar-refractivity contribution is 7.80. The van der Waals surface area contributed by atoms with Crippen LogP contribution < -0.4 is 4.72 Å². The maximum atomic E-state index is 10.7. The summed E-state index contributed by atoms with van der Waals surface area (Å²) in [5.74, 6) is 0. The van der Waals surface area contributed by atoms with Gasteiger partial charge in [-0.05, 0) is 18.2 Å². The van der Waals surface area contributed by atoms with Gasteiger partial charge in [-0.25, -0.2) is 0 Å². The molecule has 0 aliphatic carbocycles. The van der Waals surface area contributed by atoms with Crippen LogP contribution in [0.5, 0.6) is 0 Å². The number of anilines is 1. The smallest absolute Gasteiger partial charge is 0.1000 e. The molecule has 0 bridgehead atoms. The quantitative estimate of drug-likeness (QED) is 0.718. The first-order chi connectivity index (χ1) is 9.24. The molecule has 0 aliphatic heterocycles. The molecule has 2 N–H and O–H groups in total. The van der Waals surface area contributed by atoms with Crippen LogP contribution in [0.25, 0.3) is 22.2 Å². The molecule has 5 nitrogen and oxygen atoms in total. The van der Waals surface area contributed by atoms with E-state index in [1.54, 1.807) is 18.2 Å². The Bertz CT molecular complexity index is 740. The highest BCUT2D eigenvalue weighted by atomic mass is 32.2. The van der Waals surface area contributed by atoms with Gasteiger partial charge in [0.05, 0.1) is 11.2 Å². The normalized spacial score (nSPS) is 12.5. The van der Waals surface area contributed by atoms with Gasteiger partial charge >= 0.3 is 0 Å². The molecule has 0 radical (unpaired) electrons. The van der Waals surface area contributed by atoms with Crippen LogP contribution >= 0.6 is 0 Å². The van der Waals surface area contributed by atoms with Gasteiger partial charge in [0.1, 0.15) is 0 Å². The predicted molar refractivity (Wildman–Crippen MR) is 74.1 cm³/mol. The molecule has 2 aromatic carbocycles. The Balaban J connectivity index is 2.13. The minimum atomic E-state index is -2.33. The summed E-state index contributed by atoms with van der Waals surface area (Å²) < 4.78 is 23.7. The Hall–Kier alpha value is -2.18. The van der Waals surface area contributed by atoms with E-state index in [-0.39, 0.29) is 0 Å². The van der Waals surface area contributed by atoms with Crippen molar-refractivity contribution in [2.75, 3.05) is 4.72 Å². The Kier molecular flexibility index (Phi) is 3.02. The predicted octanol–water partition coefficient (Wildman–Crippen LogP) is 2.44. The van der Waals surface area contributed by atoms with Crippen molar-refractivity contribution < 1.29 is 8.76 Å². The van der Waals surface area contributed by atoms with Gasteiger partial charge in [-0.2, -0.15) is 5.10 Å². The van der Waals surface area contributed by atoms with Gasteiger partial charge in [0.25, 0.3) is 0 Å². The zero-order valence-electron chi connectivity index (χ0n) is 9.79. The SMILES string of the molecule is O=S([O-])Nc1ccc2[nH]nc(-c3ccccc3)c2c1. The molecule has 0 saturated heterocycles. The maximum Gasteiger partial charge on any atom is 0.1000 e. The van der Waals surface area contributed by atoms with Crippen LogP contribution in [0.1, 0.15) is 0 Å². The summed E-state index contributed by atoms with van der Waals surface area (Å²) in [5, 5.41) is 8.09. The van der Waals surface area contributed by atoms with E-state index in [0.29, 0.717) is 5.69 Å². The molecule has 0 spiro atoms. The first kappa shape index (κ1) is 11.9. The summed E-state index contributed by atoms with van der Waals surface area (Å²) in [6.07, 6.45) is 0. The van der Waals surface area contributed by atoms with Crippen molar-refractivity contribution in [3.63, 3.8) is 0 Å². The Labute approximate surface area is 112 Å². The summed E-state index contributed by atoms with van der Waals surface area (Å²) in [6, 6.07) is 15.0. The fourth-order valence-electron chi connectivity index (χ4n) is 1.99. The number of H-pyrrole nitrogens is 1. The number of nitrogens with one attached hydrogen (secondary N) is 2. The lowest BCUT2D eigenvalue weighted by Crippen LogP contribution is -2.01. The molecule has 3 rings (SSSR count). The molecule has 6 heteroatoms. The summed E-state index contributed by atoms with van der Waals surface area (Å²) in [5.41, 5.74) is 3.16. The van der Waals surface area contributed by atoms with Crippen molar-refractivity contribution >= 4 is 27.9 Å². The molecule has 96 valence electrons. The lowest BCUT2D eigenvalue weighted by atomic mass is 10.1. The summed E-state index contributed by atoms with van der Waals surface area (Å²) in [4.78, 5) is 0. The summed E-state index contributed by atoms with van der Waals surface area (Å²) in [6.45, 7) is 0. The highest BCUT2D eigenvalue weighted by Crippen LogP contribution is 2.28. The monoisotopic (exact) mass is 272 g/mol. The Morgan fingerprint density at radius 1 is 1.16 bits per heavy atom. The number of benzene rings is 2. The van der Waals surface area contributed by atoms with Gasteiger partial charge in [0.15, 0.2) is 0 Å². The first-order valence-corrected chi connectivity index (χ1v) is 6.71. The van der Waals surface area contributed by atoms with Crippen molar-refractivity contribution in [2.24, 2.45) is 0 Å². The van der Waals surface area contributed by atoms with Crippen LogP contribution in [0.2, 0.25) is 0 Å².